The van der Waals surface area contributed by atoms with Gasteiger partial charge in [0.15, 0.2) is 5.96 Å². The molecular formula is C23H35N5OS. The predicted octanol–water partition coefficient (Wildman–Crippen LogP) is 3.62. The van der Waals surface area contributed by atoms with Crippen LogP contribution < -0.4 is 10.6 Å². The van der Waals surface area contributed by atoms with Crippen LogP contribution in [0, 0.1) is 13.8 Å². The molecule has 6 nitrogen and oxygen atoms in total. The first-order valence-electron chi connectivity index (χ1n) is 11.1. The van der Waals surface area contributed by atoms with Gasteiger partial charge in [-0.1, -0.05) is 31.5 Å². The number of hydrogen-bond donors (Lipinski definition) is 2. The van der Waals surface area contributed by atoms with Crippen LogP contribution in [0.3, 0.4) is 0 Å². The Morgan fingerprint density at radius 1 is 1.23 bits per heavy atom. The first-order chi connectivity index (χ1) is 14.5. The molecule has 0 aliphatic heterocycles. The molecule has 0 saturated heterocycles. The van der Waals surface area contributed by atoms with E-state index in [2.05, 4.69) is 36.6 Å². The molecule has 0 spiro atoms. The zero-order valence-electron chi connectivity index (χ0n) is 18.6. The minimum Gasteiger partial charge on any atom is -0.357 e. The number of guanidine groups is 1. The van der Waals surface area contributed by atoms with Gasteiger partial charge in [0.1, 0.15) is 0 Å². The normalized spacial score (nSPS) is 20.7. The van der Waals surface area contributed by atoms with Crippen LogP contribution in [0.4, 0.5) is 0 Å². The van der Waals surface area contributed by atoms with Crippen molar-refractivity contribution < 1.29 is 4.21 Å². The van der Waals surface area contributed by atoms with Crippen molar-refractivity contribution >= 4 is 16.8 Å². The molecule has 30 heavy (non-hydrogen) atoms. The number of aromatic nitrogens is 2. The molecule has 1 fully saturated rings. The fraction of sp³-hybridized carbons (Fsp3) is 0.565. The summed E-state index contributed by atoms with van der Waals surface area (Å²) in [5, 5.41) is 12.0. The van der Waals surface area contributed by atoms with Crippen molar-refractivity contribution in [3.63, 3.8) is 0 Å². The van der Waals surface area contributed by atoms with Gasteiger partial charge in [-0.25, -0.2) is 9.67 Å². The highest BCUT2D eigenvalue weighted by Crippen LogP contribution is 2.23. The molecule has 0 bridgehead atoms. The first-order valence-corrected chi connectivity index (χ1v) is 12.4. The summed E-state index contributed by atoms with van der Waals surface area (Å²) < 4.78 is 14.2. The fourth-order valence-electron chi connectivity index (χ4n) is 4.15. The molecule has 164 valence electrons. The summed E-state index contributed by atoms with van der Waals surface area (Å²) in [5.74, 6) is 1.58. The third kappa shape index (κ3) is 5.50. The highest BCUT2D eigenvalue weighted by molar-refractivity contribution is 7.85. The van der Waals surface area contributed by atoms with Gasteiger partial charge in [-0.3, -0.25) is 4.21 Å². The maximum Gasteiger partial charge on any atom is 0.191 e. The van der Waals surface area contributed by atoms with Gasteiger partial charge in [0, 0.05) is 45.6 Å². The third-order valence-corrected chi connectivity index (χ3v) is 7.55. The summed E-state index contributed by atoms with van der Waals surface area (Å²) in [6.45, 7) is 9.63. The minimum atomic E-state index is -0.719. The smallest absolute Gasteiger partial charge is 0.191 e. The second kappa shape index (κ2) is 10.8. The lowest BCUT2D eigenvalue weighted by atomic mass is 9.95. The topological polar surface area (TPSA) is 71.3 Å². The maximum atomic E-state index is 12.3. The number of para-hydroxylation sites is 1. The Kier molecular flexibility index (Phi) is 8.08. The molecule has 0 amide bonds. The SMILES string of the molecule is CCNC(=NCc1c(C)nn(-c2ccccc2)c1C)NC1CCCC(S(=O)CC)C1. The van der Waals surface area contributed by atoms with E-state index in [0.29, 0.717) is 17.8 Å². The van der Waals surface area contributed by atoms with E-state index in [1.807, 2.05) is 36.7 Å². The molecule has 2 N–H and O–H groups in total. The Morgan fingerprint density at radius 3 is 2.70 bits per heavy atom. The first kappa shape index (κ1) is 22.5. The number of nitrogens with zero attached hydrogens (tertiary/aromatic N) is 3. The van der Waals surface area contributed by atoms with Crippen molar-refractivity contribution in [1.82, 2.24) is 20.4 Å². The molecule has 1 aromatic carbocycles. The summed E-state index contributed by atoms with van der Waals surface area (Å²) in [6, 6.07) is 10.5. The van der Waals surface area contributed by atoms with Crippen LogP contribution in [0.5, 0.6) is 0 Å². The summed E-state index contributed by atoms with van der Waals surface area (Å²) in [5.41, 5.74) is 4.35. The molecule has 1 heterocycles. The molecule has 1 saturated carbocycles. The number of benzene rings is 1. The third-order valence-electron chi connectivity index (χ3n) is 5.80. The fourth-order valence-corrected chi connectivity index (χ4v) is 5.49. The van der Waals surface area contributed by atoms with E-state index in [0.717, 1.165) is 66.6 Å². The van der Waals surface area contributed by atoms with Crippen LogP contribution in [0.1, 0.15) is 56.5 Å². The second-order valence-electron chi connectivity index (χ2n) is 7.89. The van der Waals surface area contributed by atoms with Crippen LogP contribution in [-0.4, -0.2) is 43.5 Å². The van der Waals surface area contributed by atoms with Crippen molar-refractivity contribution in [2.75, 3.05) is 12.3 Å². The molecule has 1 aromatic heterocycles. The number of nitrogens with one attached hydrogen (secondary N) is 2. The van der Waals surface area contributed by atoms with Crippen LogP contribution in [0.25, 0.3) is 5.69 Å². The molecule has 1 aliphatic rings. The molecule has 7 heteroatoms. The van der Waals surface area contributed by atoms with Gasteiger partial charge in [-0.05, 0) is 52.2 Å². The van der Waals surface area contributed by atoms with Crippen LogP contribution in [0.2, 0.25) is 0 Å². The zero-order chi connectivity index (χ0) is 21.5. The van der Waals surface area contributed by atoms with E-state index >= 15 is 0 Å². The standard InChI is InChI=1S/C23H35N5OS/c1-5-24-23(26-19-11-10-14-21(15-19)30(29)6-2)25-16-22-17(3)27-28(18(22)4)20-12-8-7-9-13-20/h7-9,12-13,19,21H,5-6,10-11,14-16H2,1-4H3,(H2,24,25,26). The lowest BCUT2D eigenvalue weighted by molar-refractivity contribution is 0.413. The monoisotopic (exact) mass is 429 g/mol. The quantitative estimate of drug-likeness (QED) is 0.521. The zero-order valence-corrected chi connectivity index (χ0v) is 19.5. The van der Waals surface area contributed by atoms with Gasteiger partial charge < -0.3 is 10.6 Å². The Morgan fingerprint density at radius 2 is 2.00 bits per heavy atom. The summed E-state index contributed by atoms with van der Waals surface area (Å²) >= 11 is 0. The van der Waals surface area contributed by atoms with Crippen molar-refractivity contribution in [3.8, 4) is 5.69 Å². The van der Waals surface area contributed by atoms with Crippen LogP contribution in [0.15, 0.2) is 35.3 Å². The second-order valence-corrected chi connectivity index (χ2v) is 9.90. The average Bonchev–Trinajstić information content (AvgIpc) is 3.05. The summed E-state index contributed by atoms with van der Waals surface area (Å²) in [6.07, 6.45) is 4.25. The lowest BCUT2D eigenvalue weighted by Gasteiger charge is -2.30. The van der Waals surface area contributed by atoms with Gasteiger partial charge in [0.25, 0.3) is 0 Å². The molecule has 3 rings (SSSR count). The largest absolute Gasteiger partial charge is 0.357 e. The Labute approximate surface area is 183 Å². The van der Waals surface area contributed by atoms with E-state index in [1.54, 1.807) is 0 Å². The average molecular weight is 430 g/mol. The summed E-state index contributed by atoms with van der Waals surface area (Å²) in [4.78, 5) is 4.86. The molecule has 3 unspecified atom stereocenters. The number of hydrogen-bond acceptors (Lipinski definition) is 3. The lowest BCUT2D eigenvalue weighted by Crippen LogP contribution is -2.46. The maximum absolute atomic E-state index is 12.3. The highest BCUT2D eigenvalue weighted by atomic mass is 32.2. The van der Waals surface area contributed by atoms with Crippen molar-refractivity contribution in [3.05, 3.63) is 47.3 Å². The minimum absolute atomic E-state index is 0.303. The predicted molar refractivity (Wildman–Crippen MR) is 126 cm³/mol. The number of aliphatic imine (C=N–C) groups is 1. The molecular weight excluding hydrogens is 394 g/mol. The highest BCUT2D eigenvalue weighted by Gasteiger charge is 2.26. The van der Waals surface area contributed by atoms with E-state index in [1.165, 1.54) is 0 Å². The Bertz CT molecular complexity index is 877. The van der Waals surface area contributed by atoms with Crippen molar-refractivity contribution in [1.29, 1.82) is 0 Å². The van der Waals surface area contributed by atoms with Gasteiger partial charge in [0.2, 0.25) is 0 Å². The van der Waals surface area contributed by atoms with Crippen LogP contribution in [-0.2, 0) is 17.3 Å². The van der Waals surface area contributed by atoms with E-state index in [9.17, 15) is 4.21 Å². The Balaban J connectivity index is 1.72. The number of aryl methyl sites for hydroxylation is 1. The molecule has 1 aliphatic carbocycles. The van der Waals surface area contributed by atoms with Gasteiger partial charge >= 0.3 is 0 Å². The van der Waals surface area contributed by atoms with Gasteiger partial charge in [0.05, 0.1) is 17.9 Å². The molecule has 3 atom stereocenters. The number of rotatable bonds is 7. The molecule has 0 radical (unpaired) electrons. The van der Waals surface area contributed by atoms with Crippen LogP contribution >= 0.6 is 0 Å². The van der Waals surface area contributed by atoms with E-state index in [-0.39, 0.29) is 0 Å². The summed E-state index contributed by atoms with van der Waals surface area (Å²) in [7, 11) is -0.719. The van der Waals surface area contributed by atoms with E-state index in [4.69, 9.17) is 10.1 Å². The van der Waals surface area contributed by atoms with E-state index < -0.39 is 10.8 Å². The van der Waals surface area contributed by atoms with Crippen molar-refractivity contribution in [2.24, 2.45) is 4.99 Å². The Hall–Kier alpha value is -2.15. The van der Waals surface area contributed by atoms with Gasteiger partial charge in [-0.2, -0.15) is 5.10 Å². The van der Waals surface area contributed by atoms with Gasteiger partial charge in [-0.15, -0.1) is 0 Å². The molecule has 2 aromatic rings. The van der Waals surface area contributed by atoms with Crippen molar-refractivity contribution in [2.45, 2.75) is 71.2 Å².